The van der Waals surface area contributed by atoms with Gasteiger partial charge in [0.05, 0.1) is 12.3 Å². The van der Waals surface area contributed by atoms with Gasteiger partial charge < -0.3 is 10.6 Å². The largest absolute Gasteiger partial charge is 0.370 e. The van der Waals surface area contributed by atoms with Crippen LogP contribution in [-0.4, -0.2) is 42.0 Å². The number of likely N-dealkylation sites (tertiary alicyclic amines) is 1. The van der Waals surface area contributed by atoms with Crippen molar-refractivity contribution < 1.29 is 0 Å². The Kier molecular flexibility index (Phi) is 6.17. The Morgan fingerprint density at radius 1 is 1.56 bits per heavy atom. The van der Waals surface area contributed by atoms with E-state index in [0.717, 1.165) is 37.1 Å². The van der Waals surface area contributed by atoms with Crippen LogP contribution in [0.5, 0.6) is 0 Å². The maximum atomic E-state index is 5.93. The molecule has 0 saturated carbocycles. The third kappa shape index (κ3) is 4.80. The molecule has 0 aliphatic carbocycles. The summed E-state index contributed by atoms with van der Waals surface area (Å²) in [7, 11) is 0. The highest BCUT2D eigenvalue weighted by Gasteiger charge is 2.16. The number of nitrogens with two attached hydrogens (primary N) is 1. The number of piperidine rings is 1. The van der Waals surface area contributed by atoms with E-state index in [2.05, 4.69) is 22.7 Å². The van der Waals surface area contributed by atoms with E-state index >= 15 is 0 Å². The summed E-state index contributed by atoms with van der Waals surface area (Å²) < 4.78 is 0. The zero-order valence-corrected chi connectivity index (χ0v) is 10.8. The lowest BCUT2D eigenvalue weighted by Crippen LogP contribution is -2.42. The maximum absolute atomic E-state index is 5.93. The number of thioether (sulfide) groups is 1. The second-order valence-corrected chi connectivity index (χ2v) is 5.27. The molecule has 1 saturated heterocycles. The molecule has 2 N–H and O–H groups in total. The van der Waals surface area contributed by atoms with Gasteiger partial charge in [0.1, 0.15) is 0 Å². The monoisotopic (exact) mass is 239 g/mol. The first-order chi connectivity index (χ1) is 7.74. The summed E-state index contributed by atoms with van der Waals surface area (Å²) in [6, 6.07) is 0. The molecule has 0 aromatic carbocycles. The first-order valence-corrected chi connectivity index (χ1v) is 6.95. The van der Waals surface area contributed by atoms with Crippen molar-refractivity contribution in [3.63, 3.8) is 0 Å². The summed E-state index contributed by atoms with van der Waals surface area (Å²) in [4.78, 5) is 6.56. The quantitative estimate of drug-likeness (QED) is 0.349. The fourth-order valence-corrected chi connectivity index (χ4v) is 2.18. The molecule has 90 valence electrons. The van der Waals surface area contributed by atoms with Gasteiger partial charge in [-0.2, -0.15) is 0 Å². The number of nitrogens with zero attached hydrogens (tertiary/aromatic N) is 2. The fourth-order valence-electron chi connectivity index (χ4n) is 1.69. The number of hydrogen-bond donors (Lipinski definition) is 1. The summed E-state index contributed by atoms with van der Waals surface area (Å²) >= 11 is 1.73. The predicted molar refractivity (Wildman–Crippen MR) is 72.6 cm³/mol. The van der Waals surface area contributed by atoms with Crippen LogP contribution in [0.1, 0.15) is 19.8 Å². The van der Waals surface area contributed by atoms with Gasteiger partial charge in [0.25, 0.3) is 0 Å². The Bertz CT molecular complexity index is 262. The van der Waals surface area contributed by atoms with Gasteiger partial charge in [0.15, 0.2) is 5.96 Å². The van der Waals surface area contributed by atoms with Gasteiger partial charge >= 0.3 is 0 Å². The van der Waals surface area contributed by atoms with Crippen molar-refractivity contribution in [1.29, 1.82) is 0 Å². The Balaban J connectivity index is 2.20. The minimum Gasteiger partial charge on any atom is -0.370 e. The first kappa shape index (κ1) is 13.2. The van der Waals surface area contributed by atoms with Gasteiger partial charge in [-0.15, -0.1) is 18.2 Å². The lowest BCUT2D eigenvalue weighted by molar-refractivity contribution is 0.278. The van der Waals surface area contributed by atoms with Crippen LogP contribution in [-0.2, 0) is 0 Å². The summed E-state index contributed by atoms with van der Waals surface area (Å²) in [5, 5.41) is 0. The lowest BCUT2D eigenvalue weighted by atomic mass is 10.00. The smallest absolute Gasteiger partial charge is 0.191 e. The molecule has 0 amide bonds. The SMILES string of the molecule is C#CCSCCN=C(N)N1CCC(C)CC1. The van der Waals surface area contributed by atoms with Crippen molar-refractivity contribution in [3.05, 3.63) is 0 Å². The van der Waals surface area contributed by atoms with Crippen molar-refractivity contribution in [1.82, 2.24) is 4.90 Å². The third-order valence-electron chi connectivity index (χ3n) is 2.80. The predicted octanol–water partition coefficient (Wildman–Crippen LogP) is 1.40. The molecule has 1 aliphatic heterocycles. The van der Waals surface area contributed by atoms with Crippen LogP contribution in [0.4, 0.5) is 0 Å². The van der Waals surface area contributed by atoms with Crippen LogP contribution in [0.15, 0.2) is 4.99 Å². The molecular formula is C12H21N3S. The van der Waals surface area contributed by atoms with Crippen molar-refractivity contribution in [3.8, 4) is 12.3 Å². The topological polar surface area (TPSA) is 41.6 Å². The molecule has 1 fully saturated rings. The van der Waals surface area contributed by atoms with Gasteiger partial charge in [-0.05, 0) is 18.8 Å². The van der Waals surface area contributed by atoms with Crippen LogP contribution in [0, 0.1) is 18.3 Å². The van der Waals surface area contributed by atoms with Crippen molar-refractivity contribution >= 4 is 17.7 Å². The van der Waals surface area contributed by atoms with Crippen molar-refractivity contribution in [2.45, 2.75) is 19.8 Å². The summed E-state index contributed by atoms with van der Waals surface area (Å²) in [5.74, 6) is 5.84. The average Bonchev–Trinajstić information content (AvgIpc) is 2.29. The van der Waals surface area contributed by atoms with E-state index in [9.17, 15) is 0 Å². The molecule has 1 rings (SSSR count). The van der Waals surface area contributed by atoms with Gasteiger partial charge in [0.2, 0.25) is 0 Å². The van der Waals surface area contributed by atoms with Gasteiger partial charge in [-0.1, -0.05) is 12.8 Å². The van der Waals surface area contributed by atoms with E-state index in [1.807, 2.05) is 0 Å². The van der Waals surface area contributed by atoms with Crippen LogP contribution < -0.4 is 5.73 Å². The molecule has 0 unspecified atom stereocenters. The summed E-state index contributed by atoms with van der Waals surface area (Å²) in [6.07, 6.45) is 7.61. The van der Waals surface area contributed by atoms with Gasteiger partial charge in [-0.3, -0.25) is 4.99 Å². The van der Waals surface area contributed by atoms with Crippen LogP contribution in [0.2, 0.25) is 0 Å². The molecule has 4 heteroatoms. The molecule has 1 aliphatic rings. The summed E-state index contributed by atoms with van der Waals surface area (Å²) in [6.45, 7) is 5.16. The van der Waals surface area contributed by atoms with E-state index in [0.29, 0.717) is 5.96 Å². The van der Waals surface area contributed by atoms with Crippen LogP contribution in [0.25, 0.3) is 0 Å². The number of aliphatic imine (C=N–C) groups is 1. The standard InChI is InChI=1S/C12H21N3S/c1-3-9-16-10-6-14-12(13)15-7-4-11(2)5-8-15/h1,11H,4-10H2,2H3,(H2,13,14). The van der Waals surface area contributed by atoms with E-state index in [-0.39, 0.29) is 0 Å². The molecule has 16 heavy (non-hydrogen) atoms. The normalized spacial score (nSPS) is 18.5. The maximum Gasteiger partial charge on any atom is 0.191 e. The average molecular weight is 239 g/mol. The molecule has 3 nitrogen and oxygen atoms in total. The molecular weight excluding hydrogens is 218 g/mol. The summed E-state index contributed by atoms with van der Waals surface area (Å²) in [5.41, 5.74) is 5.93. The minimum atomic E-state index is 0.702. The zero-order valence-electron chi connectivity index (χ0n) is 9.98. The first-order valence-electron chi connectivity index (χ1n) is 5.80. The second-order valence-electron chi connectivity index (χ2n) is 4.17. The van der Waals surface area contributed by atoms with Crippen molar-refractivity contribution in [2.24, 2.45) is 16.6 Å². The molecule has 0 bridgehead atoms. The Morgan fingerprint density at radius 3 is 2.88 bits per heavy atom. The van der Waals surface area contributed by atoms with E-state index < -0.39 is 0 Å². The fraction of sp³-hybridized carbons (Fsp3) is 0.750. The van der Waals surface area contributed by atoms with Crippen LogP contribution in [0.3, 0.4) is 0 Å². The molecule has 0 aromatic rings. The second kappa shape index (κ2) is 7.45. The van der Waals surface area contributed by atoms with Gasteiger partial charge in [-0.25, -0.2) is 0 Å². The van der Waals surface area contributed by atoms with Gasteiger partial charge in [0, 0.05) is 18.8 Å². The third-order valence-corrected chi connectivity index (χ3v) is 3.64. The number of rotatable bonds is 4. The minimum absolute atomic E-state index is 0.702. The molecule has 0 spiro atoms. The molecule has 0 radical (unpaired) electrons. The lowest BCUT2D eigenvalue weighted by Gasteiger charge is -2.31. The number of hydrogen-bond acceptors (Lipinski definition) is 2. The molecule has 0 atom stereocenters. The molecule has 1 heterocycles. The Hall–Kier alpha value is -0.820. The highest BCUT2D eigenvalue weighted by molar-refractivity contribution is 7.99. The molecule has 0 aromatic heterocycles. The van der Waals surface area contributed by atoms with Crippen molar-refractivity contribution in [2.75, 3.05) is 31.1 Å². The van der Waals surface area contributed by atoms with Crippen LogP contribution >= 0.6 is 11.8 Å². The highest BCUT2D eigenvalue weighted by Crippen LogP contribution is 2.15. The number of terminal acetylenes is 1. The van der Waals surface area contributed by atoms with E-state index in [1.165, 1.54) is 12.8 Å². The highest BCUT2D eigenvalue weighted by atomic mass is 32.2. The number of guanidine groups is 1. The Labute approximate surface area is 103 Å². The van der Waals surface area contributed by atoms with E-state index in [4.69, 9.17) is 12.2 Å². The zero-order chi connectivity index (χ0) is 11.8. The van der Waals surface area contributed by atoms with E-state index in [1.54, 1.807) is 11.8 Å². The Morgan fingerprint density at radius 2 is 2.25 bits per heavy atom.